The van der Waals surface area contributed by atoms with Gasteiger partial charge in [-0.05, 0) is 31.9 Å². The molecule has 0 aromatic rings. The van der Waals surface area contributed by atoms with E-state index in [0.29, 0.717) is 6.42 Å². The van der Waals surface area contributed by atoms with Gasteiger partial charge in [0.2, 0.25) is 0 Å². The maximum Gasteiger partial charge on any atom is 0.342 e. The van der Waals surface area contributed by atoms with Crippen LogP contribution in [0.2, 0.25) is 0 Å². The van der Waals surface area contributed by atoms with Gasteiger partial charge in [-0.2, -0.15) is 0 Å². The summed E-state index contributed by atoms with van der Waals surface area (Å²) in [4.78, 5) is 51.1. The fourth-order valence-corrected chi connectivity index (χ4v) is 7.03. The van der Waals surface area contributed by atoms with E-state index in [1.165, 1.54) is 32.9 Å². The highest BCUT2D eigenvalue weighted by atomic mass is 16.7. The molecule has 12 nitrogen and oxygen atoms in total. The number of carbonyl (C=O) groups is 4. The van der Waals surface area contributed by atoms with E-state index >= 15 is 0 Å². The molecule has 4 aliphatic rings. The summed E-state index contributed by atoms with van der Waals surface area (Å²) in [5.74, 6) is -3.94. The van der Waals surface area contributed by atoms with Crippen molar-refractivity contribution in [1.82, 2.24) is 0 Å². The van der Waals surface area contributed by atoms with Crippen molar-refractivity contribution in [2.45, 2.75) is 121 Å². The maximum absolute atomic E-state index is 13.1. The first-order chi connectivity index (χ1) is 19.6. The molecule has 0 radical (unpaired) electrons. The minimum Gasteiger partial charge on any atom is -0.461 e. The molecule has 0 aromatic heterocycles. The largest absolute Gasteiger partial charge is 0.461 e. The van der Waals surface area contributed by atoms with Gasteiger partial charge in [-0.3, -0.25) is 14.4 Å². The Morgan fingerprint density at radius 2 is 1.74 bits per heavy atom. The van der Waals surface area contributed by atoms with Crippen LogP contribution in [0.25, 0.3) is 0 Å². The van der Waals surface area contributed by atoms with Crippen LogP contribution >= 0.6 is 0 Å². The topological polar surface area (TPSA) is 178 Å². The molecule has 3 N–H and O–H groups in total. The second-order valence-electron chi connectivity index (χ2n) is 12.3. The summed E-state index contributed by atoms with van der Waals surface area (Å²) in [5.41, 5.74) is -6.53. The first kappa shape index (κ1) is 32.1. The van der Waals surface area contributed by atoms with Gasteiger partial charge in [0.15, 0.2) is 17.3 Å². The van der Waals surface area contributed by atoms with Gasteiger partial charge >= 0.3 is 23.9 Å². The molecule has 12 heteroatoms. The third-order valence-corrected chi connectivity index (χ3v) is 9.33. The molecule has 0 amide bonds. The standard InChI is InChI=1S/C30H42O12/c1-7-8-9-10-23(35)40-19-14-21(38-16(2)32)27(4)12-11-20(34)28(5,37)24(27)25(39-17(3)33)30-22(13-18(19)15-31)41-26(36)29(30,6)42-30/h11-13,19-22,24-25,31,34,37H,7-10,14-15H2,1-6H3/b18-13-/t19-,20-,21+,22+,24-,25+,27-,28+,29+,30+/m1/s1. The summed E-state index contributed by atoms with van der Waals surface area (Å²) < 4.78 is 29.3. The van der Waals surface area contributed by atoms with Crippen LogP contribution in [0.15, 0.2) is 23.8 Å². The molecule has 0 aromatic carbocycles. The second kappa shape index (κ2) is 11.4. The predicted octanol–water partition coefficient (Wildman–Crippen LogP) is 1.42. The van der Waals surface area contributed by atoms with Gasteiger partial charge in [-0.25, -0.2) is 4.79 Å². The van der Waals surface area contributed by atoms with Crippen molar-refractivity contribution in [3.63, 3.8) is 0 Å². The molecular formula is C30H42O12. The van der Waals surface area contributed by atoms with E-state index in [2.05, 4.69) is 0 Å². The van der Waals surface area contributed by atoms with Gasteiger partial charge in [0.25, 0.3) is 0 Å². The first-order valence-corrected chi connectivity index (χ1v) is 14.4. The Kier molecular flexibility index (Phi) is 8.69. The minimum atomic E-state index is -2.01. The van der Waals surface area contributed by atoms with E-state index in [0.717, 1.165) is 19.8 Å². The molecule has 1 spiro atoms. The van der Waals surface area contributed by atoms with Crippen LogP contribution in [0.5, 0.6) is 0 Å². The Balaban J connectivity index is 1.96. The summed E-state index contributed by atoms with van der Waals surface area (Å²) in [6.07, 6.45) is 0.274. The van der Waals surface area contributed by atoms with Gasteiger partial charge < -0.3 is 39.0 Å². The van der Waals surface area contributed by atoms with Crippen molar-refractivity contribution in [3.05, 3.63) is 23.8 Å². The van der Waals surface area contributed by atoms with Crippen LogP contribution in [0.4, 0.5) is 0 Å². The summed E-state index contributed by atoms with van der Waals surface area (Å²) >= 11 is 0. The van der Waals surface area contributed by atoms with Gasteiger partial charge in [0, 0.05) is 38.0 Å². The highest BCUT2D eigenvalue weighted by Gasteiger charge is 2.87. The Morgan fingerprint density at radius 1 is 1.07 bits per heavy atom. The lowest BCUT2D eigenvalue weighted by Gasteiger charge is -2.54. The van der Waals surface area contributed by atoms with Crippen molar-refractivity contribution in [3.8, 4) is 0 Å². The molecule has 2 aliphatic carbocycles. The second-order valence-corrected chi connectivity index (χ2v) is 12.3. The lowest BCUT2D eigenvalue weighted by Crippen LogP contribution is -2.67. The molecule has 2 aliphatic heterocycles. The number of hydrogen-bond donors (Lipinski definition) is 3. The van der Waals surface area contributed by atoms with Crippen molar-refractivity contribution in [2.24, 2.45) is 11.3 Å². The fourth-order valence-electron chi connectivity index (χ4n) is 7.03. The van der Waals surface area contributed by atoms with Crippen LogP contribution in [0, 0.1) is 11.3 Å². The highest BCUT2D eigenvalue weighted by molar-refractivity contribution is 5.89. The van der Waals surface area contributed by atoms with E-state index < -0.39 is 89.1 Å². The average Bonchev–Trinajstić information content (AvgIpc) is 3.48. The minimum absolute atomic E-state index is 0.125. The highest BCUT2D eigenvalue weighted by Crippen LogP contribution is 2.65. The lowest BCUT2D eigenvalue weighted by molar-refractivity contribution is -0.215. The average molecular weight is 595 g/mol. The van der Waals surface area contributed by atoms with E-state index in [1.54, 1.807) is 13.0 Å². The molecule has 0 unspecified atom stereocenters. The molecular weight excluding hydrogens is 552 g/mol. The van der Waals surface area contributed by atoms with Gasteiger partial charge in [-0.15, -0.1) is 0 Å². The molecule has 4 rings (SSSR count). The van der Waals surface area contributed by atoms with Crippen molar-refractivity contribution in [2.75, 3.05) is 6.61 Å². The van der Waals surface area contributed by atoms with Crippen LogP contribution < -0.4 is 0 Å². The monoisotopic (exact) mass is 594 g/mol. The van der Waals surface area contributed by atoms with Crippen LogP contribution in [-0.4, -0.2) is 93.1 Å². The maximum atomic E-state index is 13.1. The van der Waals surface area contributed by atoms with Crippen molar-refractivity contribution < 1.29 is 58.2 Å². The molecule has 10 atom stereocenters. The summed E-state index contributed by atoms with van der Waals surface area (Å²) in [7, 11) is 0. The summed E-state index contributed by atoms with van der Waals surface area (Å²) in [5, 5.41) is 33.4. The van der Waals surface area contributed by atoms with Crippen LogP contribution in [-0.2, 0) is 42.9 Å². The number of epoxide rings is 1. The smallest absolute Gasteiger partial charge is 0.342 e. The van der Waals surface area contributed by atoms with E-state index in [-0.39, 0.29) is 18.4 Å². The zero-order valence-corrected chi connectivity index (χ0v) is 25.0. The number of unbranched alkanes of at least 4 members (excludes halogenated alkanes) is 2. The number of ether oxygens (including phenoxy) is 5. The third-order valence-electron chi connectivity index (χ3n) is 9.33. The van der Waals surface area contributed by atoms with E-state index in [9.17, 15) is 34.5 Å². The SMILES string of the molecule is CCCCCC(=O)O[C@@H]1C[C@H](OC(C)=O)[C@@]2(C)C=C[C@@H](O)[C@](C)(O)[C@@H]2[C@H](OC(C)=O)[C@]23O[C@@]2(C)C(=O)O[C@H]3/C=C\1CO. The number of aliphatic hydroxyl groups excluding tert-OH is 2. The van der Waals surface area contributed by atoms with Crippen molar-refractivity contribution >= 4 is 23.9 Å². The van der Waals surface area contributed by atoms with Gasteiger partial charge in [-0.1, -0.05) is 38.8 Å². The third kappa shape index (κ3) is 5.16. The van der Waals surface area contributed by atoms with E-state index in [1.807, 2.05) is 6.92 Å². The molecule has 2 heterocycles. The number of esters is 4. The van der Waals surface area contributed by atoms with Crippen LogP contribution in [0.1, 0.15) is 73.6 Å². The lowest BCUT2D eigenvalue weighted by atomic mass is 9.55. The Labute approximate surface area is 245 Å². The number of fused-ring (bicyclic) bond motifs is 1. The number of hydrogen-bond acceptors (Lipinski definition) is 12. The molecule has 0 saturated carbocycles. The zero-order valence-electron chi connectivity index (χ0n) is 25.0. The molecule has 42 heavy (non-hydrogen) atoms. The fraction of sp³-hybridized carbons (Fsp3) is 0.733. The Morgan fingerprint density at radius 3 is 2.31 bits per heavy atom. The quantitative estimate of drug-likeness (QED) is 0.121. The molecule has 0 bridgehead atoms. The van der Waals surface area contributed by atoms with Gasteiger partial charge in [0.05, 0.1) is 12.2 Å². The molecule has 2 fully saturated rings. The number of aliphatic hydroxyl groups is 3. The zero-order chi connectivity index (χ0) is 31.3. The van der Waals surface area contributed by atoms with E-state index in [4.69, 9.17) is 23.7 Å². The predicted molar refractivity (Wildman–Crippen MR) is 144 cm³/mol. The normalized spacial score (nSPS) is 43.5. The number of carbonyl (C=O) groups excluding carboxylic acids is 4. The Bertz CT molecular complexity index is 1170. The molecule has 234 valence electrons. The van der Waals surface area contributed by atoms with Crippen LogP contribution in [0.3, 0.4) is 0 Å². The summed E-state index contributed by atoms with van der Waals surface area (Å²) in [6.45, 7) is 8.25. The Hall–Kier alpha value is -2.80. The van der Waals surface area contributed by atoms with Crippen molar-refractivity contribution in [1.29, 1.82) is 0 Å². The summed E-state index contributed by atoms with van der Waals surface area (Å²) in [6, 6.07) is 0. The first-order valence-electron chi connectivity index (χ1n) is 14.4. The molecule has 2 saturated heterocycles. The van der Waals surface area contributed by atoms with Gasteiger partial charge in [0.1, 0.15) is 24.4 Å². The number of rotatable bonds is 8.